The molecule has 0 aliphatic rings. The Bertz CT molecular complexity index is 792. The predicted octanol–water partition coefficient (Wildman–Crippen LogP) is 10.3. The highest BCUT2D eigenvalue weighted by Crippen LogP contribution is 2.49. The lowest BCUT2D eigenvalue weighted by Gasteiger charge is -2.19. The summed E-state index contributed by atoms with van der Waals surface area (Å²) in [4.78, 5) is 0. The second-order valence-electron chi connectivity index (χ2n) is 5.00. The fourth-order valence-electron chi connectivity index (χ4n) is 1.87. The SMILES string of the molecule is C=C(Oc1c(Br)c(Br)c(C)c(Br)c1Br)Oc1c(Br)c(Br)c(C)c(Br)c1Br. The lowest BCUT2D eigenvalue weighted by Crippen LogP contribution is -2.05. The summed E-state index contributed by atoms with van der Waals surface area (Å²) in [6.07, 6.45) is 0. The summed E-state index contributed by atoms with van der Waals surface area (Å²) in [5.41, 5.74) is 2.05. The van der Waals surface area contributed by atoms with E-state index in [1.165, 1.54) is 0 Å². The monoisotopic (exact) mass is 863 g/mol. The normalized spacial score (nSPS) is 10.8. The van der Waals surface area contributed by atoms with Crippen LogP contribution in [-0.4, -0.2) is 0 Å². The molecular formula is C16H8Br8O2. The first-order valence-electron chi connectivity index (χ1n) is 6.68. The molecule has 0 bridgehead atoms. The maximum Gasteiger partial charge on any atom is 0.282 e. The molecule has 0 spiro atoms. The summed E-state index contributed by atoms with van der Waals surface area (Å²) in [5, 5.41) is 0. The molecule has 0 radical (unpaired) electrons. The fraction of sp³-hybridized carbons (Fsp3) is 0.125. The Morgan fingerprint density at radius 3 is 1.00 bits per heavy atom. The minimum atomic E-state index is 0.109. The largest absolute Gasteiger partial charge is 0.424 e. The van der Waals surface area contributed by atoms with E-state index in [1.807, 2.05) is 13.8 Å². The van der Waals surface area contributed by atoms with E-state index < -0.39 is 0 Å². The van der Waals surface area contributed by atoms with Crippen molar-refractivity contribution in [1.82, 2.24) is 0 Å². The Labute approximate surface area is 218 Å². The van der Waals surface area contributed by atoms with Crippen LogP contribution in [0.4, 0.5) is 0 Å². The van der Waals surface area contributed by atoms with Crippen LogP contribution in [0.2, 0.25) is 0 Å². The van der Waals surface area contributed by atoms with Gasteiger partial charge in [-0.25, -0.2) is 0 Å². The Morgan fingerprint density at radius 1 is 0.538 bits per heavy atom. The quantitative estimate of drug-likeness (QED) is 0.225. The van der Waals surface area contributed by atoms with E-state index in [4.69, 9.17) is 9.47 Å². The van der Waals surface area contributed by atoms with E-state index in [0.29, 0.717) is 11.5 Å². The van der Waals surface area contributed by atoms with Crippen LogP contribution in [-0.2, 0) is 0 Å². The maximum atomic E-state index is 5.87. The van der Waals surface area contributed by atoms with Crippen LogP contribution in [0.25, 0.3) is 0 Å². The van der Waals surface area contributed by atoms with Crippen molar-refractivity contribution in [3.8, 4) is 11.5 Å². The van der Waals surface area contributed by atoms with Gasteiger partial charge in [0.2, 0.25) is 0 Å². The Morgan fingerprint density at radius 2 is 0.769 bits per heavy atom. The molecule has 140 valence electrons. The van der Waals surface area contributed by atoms with Crippen LogP contribution >= 0.6 is 127 Å². The molecule has 0 aliphatic heterocycles. The number of ether oxygens (including phenoxy) is 2. The molecule has 0 saturated heterocycles. The smallest absolute Gasteiger partial charge is 0.282 e. The zero-order chi connectivity index (χ0) is 19.9. The highest BCUT2D eigenvalue weighted by atomic mass is 79.9. The molecule has 0 N–H and O–H groups in total. The van der Waals surface area contributed by atoms with Crippen molar-refractivity contribution < 1.29 is 9.47 Å². The molecule has 26 heavy (non-hydrogen) atoms. The second kappa shape index (κ2) is 9.62. The third kappa shape index (κ3) is 4.68. The first-order valence-corrected chi connectivity index (χ1v) is 13.0. The van der Waals surface area contributed by atoms with Gasteiger partial charge < -0.3 is 9.47 Å². The summed E-state index contributed by atoms with van der Waals surface area (Å²) >= 11 is 28.3. The molecule has 2 aromatic rings. The van der Waals surface area contributed by atoms with Crippen molar-refractivity contribution in [1.29, 1.82) is 0 Å². The number of benzene rings is 2. The number of rotatable bonds is 4. The van der Waals surface area contributed by atoms with Gasteiger partial charge in [-0.15, -0.1) is 0 Å². The standard InChI is InChI=1S/C16H8Br8O2/c1-4-7(17)11(21)15(12(22)8(4)18)25-6(3)26-16-13(23)9(19)5(2)10(20)14(16)24/h3H2,1-2H3. The molecule has 2 nitrogen and oxygen atoms in total. The van der Waals surface area contributed by atoms with Crippen LogP contribution in [0.5, 0.6) is 11.5 Å². The third-order valence-corrected chi connectivity index (χ3v) is 12.4. The Balaban J connectivity index is 2.41. The van der Waals surface area contributed by atoms with Gasteiger partial charge in [-0.2, -0.15) is 0 Å². The van der Waals surface area contributed by atoms with Gasteiger partial charge in [0.05, 0.1) is 17.9 Å². The lowest BCUT2D eigenvalue weighted by atomic mass is 10.2. The van der Waals surface area contributed by atoms with Crippen molar-refractivity contribution >= 4 is 127 Å². The van der Waals surface area contributed by atoms with Gasteiger partial charge in [-0.1, -0.05) is 0 Å². The minimum Gasteiger partial charge on any atom is -0.424 e. The van der Waals surface area contributed by atoms with Crippen molar-refractivity contribution in [2.75, 3.05) is 0 Å². The predicted molar refractivity (Wildman–Crippen MR) is 134 cm³/mol. The van der Waals surface area contributed by atoms with Crippen LogP contribution in [0.15, 0.2) is 48.3 Å². The first-order chi connectivity index (χ1) is 12.0. The van der Waals surface area contributed by atoms with Gasteiger partial charge in [0.1, 0.15) is 0 Å². The van der Waals surface area contributed by atoms with E-state index in [-0.39, 0.29) is 5.95 Å². The average molecular weight is 871 g/mol. The minimum absolute atomic E-state index is 0.109. The molecule has 0 amide bonds. The van der Waals surface area contributed by atoms with E-state index in [0.717, 1.165) is 46.9 Å². The van der Waals surface area contributed by atoms with E-state index in [1.54, 1.807) is 0 Å². The zero-order valence-electron chi connectivity index (χ0n) is 13.0. The number of halogens is 8. The summed E-state index contributed by atoms with van der Waals surface area (Å²) in [7, 11) is 0. The third-order valence-electron chi connectivity index (χ3n) is 3.32. The van der Waals surface area contributed by atoms with Crippen molar-refractivity contribution in [3.05, 3.63) is 59.4 Å². The summed E-state index contributed by atoms with van der Waals surface area (Å²) < 4.78 is 18.2. The van der Waals surface area contributed by atoms with Crippen LogP contribution < -0.4 is 9.47 Å². The molecule has 0 aromatic heterocycles. The summed E-state index contributed by atoms with van der Waals surface area (Å²) in [6.45, 7) is 7.85. The fourth-order valence-corrected chi connectivity index (χ4v) is 6.75. The highest BCUT2D eigenvalue weighted by molar-refractivity contribution is 9.14. The van der Waals surface area contributed by atoms with Gasteiger partial charge in [-0.3, -0.25) is 0 Å². The first kappa shape index (κ1) is 23.9. The molecule has 2 rings (SSSR count). The lowest BCUT2D eigenvalue weighted by molar-refractivity contribution is 0.224. The van der Waals surface area contributed by atoms with E-state index in [9.17, 15) is 0 Å². The zero-order valence-corrected chi connectivity index (χ0v) is 25.7. The average Bonchev–Trinajstić information content (AvgIpc) is 2.62. The number of hydrogen-bond donors (Lipinski definition) is 0. The molecule has 0 atom stereocenters. The molecule has 2 aromatic carbocycles. The Kier molecular flexibility index (Phi) is 8.84. The van der Waals surface area contributed by atoms with Gasteiger partial charge >= 0.3 is 0 Å². The van der Waals surface area contributed by atoms with Gasteiger partial charge in [0, 0.05) is 17.9 Å². The second-order valence-corrected chi connectivity index (χ2v) is 11.3. The molecule has 10 heteroatoms. The van der Waals surface area contributed by atoms with Crippen LogP contribution in [0.3, 0.4) is 0 Å². The summed E-state index contributed by atoms with van der Waals surface area (Å²) in [5.74, 6) is 1.19. The molecular weight excluding hydrogens is 863 g/mol. The topological polar surface area (TPSA) is 18.5 Å². The maximum absolute atomic E-state index is 5.87. The van der Waals surface area contributed by atoms with Gasteiger partial charge in [0.25, 0.3) is 5.95 Å². The van der Waals surface area contributed by atoms with Crippen molar-refractivity contribution in [3.63, 3.8) is 0 Å². The highest BCUT2D eigenvalue weighted by Gasteiger charge is 2.22. The van der Waals surface area contributed by atoms with E-state index >= 15 is 0 Å². The Hall–Kier alpha value is 1.62. The summed E-state index contributed by atoms with van der Waals surface area (Å²) in [6, 6.07) is 0. The van der Waals surface area contributed by atoms with Crippen LogP contribution in [0.1, 0.15) is 11.1 Å². The van der Waals surface area contributed by atoms with Crippen molar-refractivity contribution in [2.45, 2.75) is 13.8 Å². The molecule has 0 saturated carbocycles. The van der Waals surface area contributed by atoms with Gasteiger partial charge in [0.15, 0.2) is 11.5 Å². The molecule has 0 heterocycles. The van der Waals surface area contributed by atoms with Crippen LogP contribution in [0, 0.1) is 13.8 Å². The molecule has 0 aliphatic carbocycles. The molecule has 0 unspecified atom stereocenters. The number of hydrogen-bond acceptors (Lipinski definition) is 2. The van der Waals surface area contributed by atoms with Gasteiger partial charge in [-0.05, 0) is 159 Å². The van der Waals surface area contributed by atoms with Crippen molar-refractivity contribution in [2.24, 2.45) is 0 Å². The molecule has 0 fully saturated rings. The van der Waals surface area contributed by atoms with E-state index in [2.05, 4.69) is 134 Å².